The van der Waals surface area contributed by atoms with E-state index in [-0.39, 0.29) is 11.9 Å². The monoisotopic (exact) mass is 368 g/mol. The van der Waals surface area contributed by atoms with Crippen LogP contribution in [0.1, 0.15) is 50.9 Å². The van der Waals surface area contributed by atoms with Gasteiger partial charge >= 0.3 is 5.97 Å². The van der Waals surface area contributed by atoms with Crippen LogP contribution in [0.5, 0.6) is 0 Å². The number of hydrogen-bond acceptors (Lipinski definition) is 5. The van der Waals surface area contributed by atoms with E-state index in [1.165, 1.54) is 18.2 Å². The minimum atomic E-state index is -0.428. The maximum absolute atomic E-state index is 12.9. The van der Waals surface area contributed by atoms with E-state index in [1.54, 1.807) is 6.07 Å². The molecular weight excluding hydrogens is 344 g/mol. The molecule has 0 unspecified atom stereocenters. The Balaban J connectivity index is 1.39. The molecule has 1 amide bonds. The number of ether oxygens (including phenoxy) is 1. The van der Waals surface area contributed by atoms with E-state index in [0.29, 0.717) is 18.8 Å². The van der Waals surface area contributed by atoms with Gasteiger partial charge in [0.05, 0.1) is 13.2 Å². The van der Waals surface area contributed by atoms with Crippen LogP contribution in [0.25, 0.3) is 0 Å². The van der Waals surface area contributed by atoms with Crippen LogP contribution in [0.3, 0.4) is 0 Å². The Kier molecular flexibility index (Phi) is 4.94. The molecule has 7 nitrogen and oxygen atoms in total. The average Bonchev–Trinajstić information content (AvgIpc) is 3.22. The highest BCUT2D eigenvalue weighted by Gasteiger charge is 2.26. The van der Waals surface area contributed by atoms with Gasteiger partial charge in [0.2, 0.25) is 0 Å². The number of benzene rings is 1. The molecule has 0 bridgehead atoms. The molecular formula is C20H24N4O3. The molecule has 142 valence electrons. The second-order valence-corrected chi connectivity index (χ2v) is 7.11. The highest BCUT2D eigenvalue weighted by Crippen LogP contribution is 2.24. The van der Waals surface area contributed by atoms with E-state index in [0.717, 1.165) is 37.9 Å². The summed E-state index contributed by atoms with van der Waals surface area (Å²) in [5.74, 6) is -0.333. The second-order valence-electron chi connectivity index (χ2n) is 7.11. The average molecular weight is 368 g/mol. The number of nitrogens with one attached hydrogen (secondary N) is 1. The van der Waals surface area contributed by atoms with Crippen molar-refractivity contribution in [3.05, 3.63) is 52.8 Å². The lowest BCUT2D eigenvalue weighted by molar-refractivity contribution is 0.0592. The number of piperidine rings is 1. The summed E-state index contributed by atoms with van der Waals surface area (Å²) in [6.45, 7) is 3.21. The van der Waals surface area contributed by atoms with E-state index in [9.17, 15) is 9.59 Å². The number of esters is 1. The third-order valence-electron chi connectivity index (χ3n) is 5.47. The largest absolute Gasteiger partial charge is 0.464 e. The number of hydrogen-bond donors (Lipinski definition) is 1. The first-order chi connectivity index (χ1) is 13.2. The minimum absolute atomic E-state index is 0.0949. The summed E-state index contributed by atoms with van der Waals surface area (Å²) in [5, 5.41) is 7.67. The van der Waals surface area contributed by atoms with Gasteiger partial charge in [0, 0.05) is 31.4 Å². The van der Waals surface area contributed by atoms with Crippen LogP contribution in [0, 0.1) is 0 Å². The highest BCUT2D eigenvalue weighted by atomic mass is 16.5. The number of amides is 1. The van der Waals surface area contributed by atoms with Crippen LogP contribution in [0.2, 0.25) is 0 Å². The molecule has 2 aliphatic heterocycles. The summed E-state index contributed by atoms with van der Waals surface area (Å²) in [6, 6.07) is 7.94. The Morgan fingerprint density at radius 3 is 2.78 bits per heavy atom. The number of nitrogens with zero attached hydrogens (tertiary/aromatic N) is 3. The van der Waals surface area contributed by atoms with E-state index >= 15 is 0 Å². The third-order valence-corrected chi connectivity index (χ3v) is 5.47. The normalized spacial score (nSPS) is 17.4. The molecule has 27 heavy (non-hydrogen) atoms. The number of carbonyl (C=O) groups is 2. The number of methoxy groups -OCH3 is 1. The quantitative estimate of drug-likeness (QED) is 0.836. The minimum Gasteiger partial charge on any atom is -0.464 e. The molecule has 0 saturated carbocycles. The standard InChI is InChI=1S/C20H24N4O3/c1-27-20(26)18-7-11-24(22-18)17-5-9-23(10-6-17)19(25)15-3-2-14-4-8-21-13-16(14)12-15/h2-3,7,11-12,17,21H,4-6,8-10,13H2,1H3. The molecule has 1 aromatic carbocycles. The molecule has 7 heteroatoms. The van der Waals surface area contributed by atoms with E-state index < -0.39 is 5.97 Å². The SMILES string of the molecule is COC(=O)c1ccn(C2CCN(C(=O)c3ccc4c(c3)CNCC4)CC2)n1. The molecule has 0 aliphatic carbocycles. The zero-order valence-corrected chi connectivity index (χ0v) is 15.5. The molecule has 1 aromatic heterocycles. The molecule has 2 aromatic rings. The van der Waals surface area contributed by atoms with Crippen molar-refractivity contribution >= 4 is 11.9 Å². The maximum Gasteiger partial charge on any atom is 0.358 e. The summed E-state index contributed by atoms with van der Waals surface area (Å²) in [7, 11) is 1.35. The van der Waals surface area contributed by atoms with Crippen molar-refractivity contribution in [2.75, 3.05) is 26.7 Å². The van der Waals surface area contributed by atoms with Crippen molar-refractivity contribution in [2.45, 2.75) is 31.8 Å². The van der Waals surface area contributed by atoms with Gasteiger partial charge in [-0.3, -0.25) is 9.48 Å². The van der Waals surface area contributed by atoms with E-state index in [4.69, 9.17) is 4.74 Å². The fourth-order valence-electron chi connectivity index (χ4n) is 3.88. The number of carbonyl (C=O) groups excluding carboxylic acids is 2. The van der Waals surface area contributed by atoms with Gasteiger partial charge in [-0.1, -0.05) is 6.07 Å². The first-order valence-corrected chi connectivity index (χ1v) is 9.41. The van der Waals surface area contributed by atoms with Crippen LogP contribution >= 0.6 is 0 Å². The van der Waals surface area contributed by atoms with E-state index in [2.05, 4.69) is 16.5 Å². The first kappa shape index (κ1) is 17.7. The zero-order valence-electron chi connectivity index (χ0n) is 15.5. The predicted octanol–water partition coefficient (Wildman–Crippen LogP) is 1.79. The molecule has 4 rings (SSSR count). The van der Waals surface area contributed by atoms with Crippen molar-refractivity contribution in [2.24, 2.45) is 0 Å². The van der Waals surface area contributed by atoms with Crippen LogP contribution in [-0.4, -0.2) is 53.3 Å². The maximum atomic E-state index is 12.9. The summed E-state index contributed by atoms with van der Waals surface area (Å²) in [4.78, 5) is 26.4. The molecule has 0 atom stereocenters. The van der Waals surface area contributed by atoms with Crippen molar-refractivity contribution in [1.82, 2.24) is 20.0 Å². The van der Waals surface area contributed by atoms with Gasteiger partial charge in [0.25, 0.3) is 5.91 Å². The topological polar surface area (TPSA) is 76.5 Å². The fourth-order valence-corrected chi connectivity index (χ4v) is 3.88. The van der Waals surface area contributed by atoms with E-state index in [1.807, 2.05) is 27.9 Å². The smallest absolute Gasteiger partial charge is 0.358 e. The third kappa shape index (κ3) is 3.60. The molecule has 0 radical (unpaired) electrons. The van der Waals surface area contributed by atoms with Gasteiger partial charge in [-0.25, -0.2) is 4.79 Å². The lowest BCUT2D eigenvalue weighted by atomic mass is 9.97. The summed E-state index contributed by atoms with van der Waals surface area (Å²) in [6.07, 6.45) is 4.47. The van der Waals surface area contributed by atoms with Crippen molar-refractivity contribution in [1.29, 1.82) is 0 Å². The number of likely N-dealkylation sites (tertiary alicyclic amines) is 1. The van der Waals surface area contributed by atoms with Gasteiger partial charge in [-0.15, -0.1) is 0 Å². The first-order valence-electron chi connectivity index (χ1n) is 9.41. The van der Waals surface area contributed by atoms with Crippen molar-refractivity contribution in [3.63, 3.8) is 0 Å². The van der Waals surface area contributed by atoms with Gasteiger partial charge < -0.3 is 15.0 Å². The zero-order chi connectivity index (χ0) is 18.8. The predicted molar refractivity (Wildman–Crippen MR) is 99.6 cm³/mol. The van der Waals surface area contributed by atoms with Crippen LogP contribution in [0.15, 0.2) is 30.5 Å². The lowest BCUT2D eigenvalue weighted by Crippen LogP contribution is -2.39. The molecule has 3 heterocycles. The molecule has 2 aliphatic rings. The molecule has 1 N–H and O–H groups in total. The molecule has 1 saturated heterocycles. The summed E-state index contributed by atoms with van der Waals surface area (Å²) in [5.41, 5.74) is 3.65. The van der Waals surface area contributed by atoms with Gasteiger partial charge in [-0.2, -0.15) is 5.10 Å². The Labute approximate surface area is 158 Å². The fraction of sp³-hybridized carbons (Fsp3) is 0.450. The number of aromatic nitrogens is 2. The Bertz CT molecular complexity index is 853. The number of fused-ring (bicyclic) bond motifs is 1. The van der Waals surface area contributed by atoms with Gasteiger partial charge in [0.1, 0.15) is 0 Å². The van der Waals surface area contributed by atoms with Crippen LogP contribution in [0.4, 0.5) is 0 Å². The summed E-state index contributed by atoms with van der Waals surface area (Å²) >= 11 is 0. The molecule has 1 fully saturated rings. The van der Waals surface area contributed by atoms with Crippen molar-refractivity contribution < 1.29 is 14.3 Å². The molecule has 0 spiro atoms. The summed E-state index contributed by atoms with van der Waals surface area (Å²) < 4.78 is 6.52. The van der Waals surface area contributed by atoms with Crippen molar-refractivity contribution in [3.8, 4) is 0 Å². The van der Waals surface area contributed by atoms with Gasteiger partial charge in [-0.05, 0) is 55.1 Å². The Morgan fingerprint density at radius 2 is 2.00 bits per heavy atom. The lowest BCUT2D eigenvalue weighted by Gasteiger charge is -2.32. The second kappa shape index (κ2) is 7.52. The van der Waals surface area contributed by atoms with Crippen LogP contribution in [-0.2, 0) is 17.7 Å². The highest BCUT2D eigenvalue weighted by molar-refractivity contribution is 5.94. The van der Waals surface area contributed by atoms with Gasteiger partial charge in [0.15, 0.2) is 5.69 Å². The Hall–Kier alpha value is -2.67. The van der Waals surface area contributed by atoms with Crippen LogP contribution < -0.4 is 5.32 Å². The Morgan fingerprint density at radius 1 is 1.19 bits per heavy atom. The number of rotatable bonds is 3.